The maximum absolute atomic E-state index is 13.8. The molecule has 1 N–H and O–H groups in total. The van der Waals surface area contributed by atoms with Crippen LogP contribution in [0.5, 0.6) is 28.7 Å². The minimum absolute atomic E-state index is 0.0494. The molecule has 0 aromatic heterocycles. The van der Waals surface area contributed by atoms with Crippen LogP contribution in [0.15, 0.2) is 64.6 Å². The first kappa shape index (κ1) is 29.4. The topological polar surface area (TPSA) is 125 Å². The van der Waals surface area contributed by atoms with Gasteiger partial charge in [-0.1, -0.05) is 17.7 Å². The number of halogens is 1. The summed E-state index contributed by atoms with van der Waals surface area (Å²) in [5, 5.41) is 4.20. The van der Waals surface area contributed by atoms with E-state index in [4.69, 9.17) is 35.3 Å². The molecule has 0 unspecified atom stereocenters. The van der Waals surface area contributed by atoms with E-state index < -0.39 is 22.5 Å². The average Bonchev–Trinajstić information content (AvgIpc) is 2.95. The molecule has 0 aliphatic heterocycles. The molecule has 3 aromatic carbocycles. The Balaban J connectivity index is 1.98. The lowest BCUT2D eigenvalue weighted by Crippen LogP contribution is -2.39. The number of para-hydroxylation sites is 1. The second-order valence-electron chi connectivity index (χ2n) is 7.72. The predicted octanol–water partition coefficient (Wildman–Crippen LogP) is 3.73. The number of carbonyl (C=O) groups is 1. The number of rotatable bonds is 12. The molecule has 0 atom stereocenters. The monoisotopic (exact) mass is 577 g/mol. The van der Waals surface area contributed by atoms with Crippen LogP contribution in [-0.2, 0) is 14.8 Å². The van der Waals surface area contributed by atoms with Gasteiger partial charge < -0.3 is 23.7 Å². The van der Waals surface area contributed by atoms with Gasteiger partial charge in [-0.05, 0) is 42.5 Å². The molecule has 0 aliphatic carbocycles. The van der Waals surface area contributed by atoms with Crippen LogP contribution >= 0.6 is 11.6 Å². The Bertz CT molecular complexity index is 1460. The third-order valence-electron chi connectivity index (χ3n) is 5.47. The number of carbonyl (C=O) groups excluding carboxylic acids is 1. The van der Waals surface area contributed by atoms with Gasteiger partial charge in [-0.25, -0.2) is 13.8 Å². The number of hydrogen-bond acceptors (Lipinski definition) is 9. The number of nitrogens with one attached hydrogen (secondary N) is 1. The molecule has 1 amide bonds. The maximum Gasteiger partial charge on any atom is 0.265 e. The van der Waals surface area contributed by atoms with Crippen LogP contribution in [0.1, 0.15) is 5.56 Å². The van der Waals surface area contributed by atoms with Crippen molar-refractivity contribution in [3.8, 4) is 28.7 Å². The van der Waals surface area contributed by atoms with E-state index in [9.17, 15) is 13.2 Å². The molecule has 3 aromatic rings. The van der Waals surface area contributed by atoms with E-state index in [0.717, 1.165) is 4.31 Å². The lowest BCUT2D eigenvalue weighted by Gasteiger charge is -2.25. The van der Waals surface area contributed by atoms with Gasteiger partial charge in [0.1, 0.15) is 12.3 Å². The zero-order valence-electron chi connectivity index (χ0n) is 21.9. The quantitative estimate of drug-likeness (QED) is 0.255. The van der Waals surface area contributed by atoms with E-state index in [1.54, 1.807) is 18.2 Å². The van der Waals surface area contributed by atoms with Gasteiger partial charge in [-0.15, -0.1) is 0 Å². The Morgan fingerprint density at radius 2 is 1.54 bits per heavy atom. The van der Waals surface area contributed by atoms with Gasteiger partial charge in [0.05, 0.1) is 52.3 Å². The Hall–Kier alpha value is -4.16. The molecule has 0 spiro atoms. The number of anilines is 1. The molecule has 0 aliphatic rings. The van der Waals surface area contributed by atoms with Gasteiger partial charge >= 0.3 is 0 Å². The van der Waals surface area contributed by atoms with Gasteiger partial charge in [0.25, 0.3) is 15.9 Å². The smallest absolute Gasteiger partial charge is 0.265 e. The number of nitrogens with zero attached hydrogens (tertiary/aromatic N) is 2. The number of sulfonamides is 1. The third-order valence-corrected chi connectivity index (χ3v) is 7.46. The maximum atomic E-state index is 13.8. The molecule has 0 fully saturated rings. The second-order valence-corrected chi connectivity index (χ2v) is 10.0. The highest BCUT2D eigenvalue weighted by molar-refractivity contribution is 7.92. The van der Waals surface area contributed by atoms with Gasteiger partial charge in [-0.2, -0.15) is 5.10 Å². The summed E-state index contributed by atoms with van der Waals surface area (Å²) in [5.41, 5.74) is 2.93. The molecular weight excluding hydrogens is 550 g/mol. The van der Waals surface area contributed by atoms with Crippen molar-refractivity contribution in [3.05, 3.63) is 65.2 Å². The minimum atomic E-state index is -4.34. The Labute approximate surface area is 231 Å². The van der Waals surface area contributed by atoms with Gasteiger partial charge in [0.15, 0.2) is 23.0 Å². The van der Waals surface area contributed by atoms with Crippen molar-refractivity contribution in [1.29, 1.82) is 0 Å². The highest BCUT2D eigenvalue weighted by Crippen LogP contribution is 2.37. The zero-order valence-corrected chi connectivity index (χ0v) is 23.5. The van der Waals surface area contributed by atoms with Crippen LogP contribution in [0.2, 0.25) is 5.02 Å². The van der Waals surface area contributed by atoms with Crippen LogP contribution in [0.25, 0.3) is 0 Å². The second kappa shape index (κ2) is 13.1. The standard InChI is InChI=1S/C26H28ClN3O8S/c1-34-21-11-9-18(27)13-20(21)30(39(32,33)19-10-12-22(35-2)24(14-19)37-4)16-25(31)29-28-15-17-7-6-8-23(36-3)26(17)38-5/h6-15H,16H2,1-5H3,(H,29,31)/b28-15-. The minimum Gasteiger partial charge on any atom is -0.495 e. The molecule has 0 saturated carbocycles. The summed E-state index contributed by atoms with van der Waals surface area (Å²) in [4.78, 5) is 12.8. The molecule has 3 rings (SSSR count). The fraction of sp³-hybridized carbons (Fsp3) is 0.231. The largest absolute Gasteiger partial charge is 0.495 e. The number of methoxy groups -OCH3 is 5. The Morgan fingerprint density at radius 1 is 0.872 bits per heavy atom. The van der Waals surface area contributed by atoms with Crippen molar-refractivity contribution in [1.82, 2.24) is 5.43 Å². The van der Waals surface area contributed by atoms with E-state index >= 15 is 0 Å². The first-order valence-corrected chi connectivity index (χ1v) is 13.1. The summed E-state index contributed by atoms with van der Waals surface area (Å²) in [7, 11) is 2.82. The fourth-order valence-corrected chi connectivity index (χ4v) is 5.22. The molecule has 11 nitrogen and oxygen atoms in total. The van der Waals surface area contributed by atoms with E-state index in [2.05, 4.69) is 10.5 Å². The first-order chi connectivity index (χ1) is 18.7. The van der Waals surface area contributed by atoms with Crippen LogP contribution in [0.4, 0.5) is 5.69 Å². The van der Waals surface area contributed by atoms with Crippen molar-refractivity contribution >= 4 is 39.4 Å². The SMILES string of the molecule is COc1ccc(S(=O)(=O)N(CC(=O)N/N=C\c2cccc(OC)c2OC)c2cc(Cl)ccc2OC)cc1OC. The highest BCUT2D eigenvalue weighted by atomic mass is 35.5. The summed E-state index contributed by atoms with van der Waals surface area (Å²) in [6, 6.07) is 13.7. The Morgan fingerprint density at radius 3 is 2.18 bits per heavy atom. The van der Waals surface area contributed by atoms with Crippen molar-refractivity contribution < 1.29 is 36.9 Å². The van der Waals surface area contributed by atoms with Crippen molar-refractivity contribution in [2.45, 2.75) is 4.90 Å². The van der Waals surface area contributed by atoms with Crippen LogP contribution in [0.3, 0.4) is 0 Å². The van der Waals surface area contributed by atoms with Crippen LogP contribution in [-0.4, -0.2) is 62.6 Å². The van der Waals surface area contributed by atoms with Crippen LogP contribution in [0, 0.1) is 0 Å². The predicted molar refractivity (Wildman–Crippen MR) is 147 cm³/mol. The fourth-order valence-electron chi connectivity index (χ4n) is 3.62. The molecule has 0 radical (unpaired) electrons. The molecule has 208 valence electrons. The van der Waals surface area contributed by atoms with E-state index in [-0.39, 0.29) is 27.1 Å². The zero-order chi connectivity index (χ0) is 28.6. The molecule has 13 heteroatoms. The molecular formula is C26H28ClN3O8S. The van der Waals surface area contributed by atoms with Crippen LogP contribution < -0.4 is 33.4 Å². The average molecular weight is 578 g/mol. The summed E-state index contributed by atoms with van der Waals surface area (Å²) < 4.78 is 55.0. The van der Waals surface area contributed by atoms with Crippen molar-refractivity contribution in [2.75, 3.05) is 46.4 Å². The number of amides is 1. The summed E-state index contributed by atoms with van der Waals surface area (Å²) in [5.74, 6) is 0.869. The third kappa shape index (κ3) is 6.65. The molecule has 0 bridgehead atoms. The number of benzene rings is 3. The van der Waals surface area contributed by atoms with Gasteiger partial charge in [0, 0.05) is 16.7 Å². The summed E-state index contributed by atoms with van der Waals surface area (Å²) in [6.45, 7) is -0.653. The Kier molecular flexibility index (Phi) is 9.85. The van der Waals surface area contributed by atoms with Crippen molar-refractivity contribution in [3.63, 3.8) is 0 Å². The molecule has 39 heavy (non-hydrogen) atoms. The lowest BCUT2D eigenvalue weighted by atomic mass is 10.2. The molecule has 0 saturated heterocycles. The highest BCUT2D eigenvalue weighted by Gasteiger charge is 2.30. The van der Waals surface area contributed by atoms with E-state index in [1.807, 2.05) is 0 Å². The van der Waals surface area contributed by atoms with E-state index in [1.165, 1.54) is 78.2 Å². The summed E-state index contributed by atoms with van der Waals surface area (Å²) in [6.07, 6.45) is 1.35. The van der Waals surface area contributed by atoms with Crippen molar-refractivity contribution in [2.24, 2.45) is 5.10 Å². The molecule has 0 heterocycles. The number of hydrazone groups is 1. The van der Waals surface area contributed by atoms with Gasteiger partial charge in [0.2, 0.25) is 0 Å². The first-order valence-electron chi connectivity index (χ1n) is 11.3. The van der Waals surface area contributed by atoms with Gasteiger partial charge in [-0.3, -0.25) is 9.10 Å². The normalized spacial score (nSPS) is 11.1. The number of ether oxygens (including phenoxy) is 5. The summed E-state index contributed by atoms with van der Waals surface area (Å²) >= 11 is 6.18. The lowest BCUT2D eigenvalue weighted by molar-refractivity contribution is -0.119. The van der Waals surface area contributed by atoms with E-state index in [0.29, 0.717) is 22.8 Å². The number of hydrogen-bond donors (Lipinski definition) is 1.